The van der Waals surface area contributed by atoms with Crippen LogP contribution in [0.2, 0.25) is 0 Å². The van der Waals surface area contributed by atoms with E-state index in [1.807, 2.05) is 0 Å². The Hall–Kier alpha value is -0.570. The number of nitrogens with two attached hydrogens (primary N) is 1. The highest BCUT2D eigenvalue weighted by atomic mass is 16.1. The van der Waals surface area contributed by atoms with Gasteiger partial charge in [0.1, 0.15) is 0 Å². The lowest BCUT2D eigenvalue weighted by Gasteiger charge is -2.33. The number of nitrogens with zero attached hydrogens (tertiary/aromatic N) is 1. The lowest BCUT2D eigenvalue weighted by atomic mass is 10.0. The van der Waals surface area contributed by atoms with Crippen LogP contribution in [0.4, 0.5) is 0 Å². The zero-order valence-corrected chi connectivity index (χ0v) is 7.91. The highest BCUT2D eigenvalue weighted by molar-refractivity contribution is 5.80. The van der Waals surface area contributed by atoms with Gasteiger partial charge in [0.2, 0.25) is 5.91 Å². The van der Waals surface area contributed by atoms with E-state index >= 15 is 0 Å². The summed E-state index contributed by atoms with van der Waals surface area (Å²) in [5.41, 5.74) is 5.35. The highest BCUT2D eigenvalue weighted by Crippen LogP contribution is 2.31. The van der Waals surface area contributed by atoms with Gasteiger partial charge in [-0.25, -0.2) is 0 Å². The first-order chi connectivity index (χ1) is 6.27. The molecular formula is C10H17N2O. The largest absolute Gasteiger partial charge is 0.368 e. The number of rotatable bonds is 3. The van der Waals surface area contributed by atoms with Gasteiger partial charge in [-0.05, 0) is 44.6 Å². The van der Waals surface area contributed by atoms with Crippen LogP contribution >= 0.6 is 0 Å². The standard InChI is InChI=1S/C10H17N2O/c11-10(13)9-3-1-2-6-12(9)7-8-4-5-8/h1,8-9H,2-7H2,(H2,11,13). The minimum Gasteiger partial charge on any atom is -0.368 e. The molecular weight excluding hydrogens is 164 g/mol. The maximum absolute atomic E-state index is 11.1. The van der Waals surface area contributed by atoms with E-state index in [2.05, 4.69) is 11.3 Å². The molecule has 1 amide bonds. The fourth-order valence-corrected chi connectivity index (χ4v) is 1.98. The Balaban J connectivity index is 1.90. The van der Waals surface area contributed by atoms with Crippen LogP contribution in [0.25, 0.3) is 0 Å². The van der Waals surface area contributed by atoms with Crippen molar-refractivity contribution in [2.45, 2.75) is 31.7 Å². The Kier molecular flexibility index (Phi) is 2.54. The molecule has 0 spiro atoms. The van der Waals surface area contributed by atoms with Crippen molar-refractivity contribution in [3.63, 3.8) is 0 Å². The van der Waals surface area contributed by atoms with Gasteiger partial charge in [-0.15, -0.1) is 0 Å². The minimum atomic E-state index is -0.156. The van der Waals surface area contributed by atoms with Crippen LogP contribution in [0.5, 0.6) is 0 Å². The molecule has 13 heavy (non-hydrogen) atoms. The molecule has 2 rings (SSSR count). The molecule has 3 nitrogen and oxygen atoms in total. The normalized spacial score (nSPS) is 30.3. The van der Waals surface area contributed by atoms with E-state index in [-0.39, 0.29) is 11.9 Å². The Morgan fingerprint density at radius 2 is 2.31 bits per heavy atom. The number of primary amides is 1. The van der Waals surface area contributed by atoms with E-state index < -0.39 is 0 Å². The van der Waals surface area contributed by atoms with Crippen molar-refractivity contribution in [2.75, 3.05) is 13.1 Å². The van der Waals surface area contributed by atoms with E-state index in [0.29, 0.717) is 0 Å². The molecule has 2 fully saturated rings. The van der Waals surface area contributed by atoms with Gasteiger partial charge in [0.25, 0.3) is 0 Å². The monoisotopic (exact) mass is 181 g/mol. The Morgan fingerprint density at radius 1 is 1.54 bits per heavy atom. The molecule has 1 heterocycles. The summed E-state index contributed by atoms with van der Waals surface area (Å²) < 4.78 is 0. The molecule has 1 atom stereocenters. The van der Waals surface area contributed by atoms with Crippen LogP contribution < -0.4 is 5.73 Å². The van der Waals surface area contributed by atoms with E-state index in [1.165, 1.54) is 12.8 Å². The van der Waals surface area contributed by atoms with Crippen molar-refractivity contribution in [3.05, 3.63) is 6.42 Å². The van der Waals surface area contributed by atoms with Crippen LogP contribution in [-0.2, 0) is 4.79 Å². The molecule has 1 saturated heterocycles. The summed E-state index contributed by atoms with van der Waals surface area (Å²) in [6.45, 7) is 2.10. The molecule has 1 radical (unpaired) electrons. The zero-order valence-electron chi connectivity index (χ0n) is 7.91. The average molecular weight is 181 g/mol. The number of carbonyl (C=O) groups excluding carboxylic acids is 1. The van der Waals surface area contributed by atoms with Crippen LogP contribution in [0, 0.1) is 12.3 Å². The van der Waals surface area contributed by atoms with E-state index in [9.17, 15) is 4.79 Å². The maximum atomic E-state index is 11.1. The first-order valence-electron chi connectivity index (χ1n) is 5.12. The lowest BCUT2D eigenvalue weighted by molar-refractivity contribution is -0.123. The van der Waals surface area contributed by atoms with Crippen LogP contribution in [0.3, 0.4) is 0 Å². The van der Waals surface area contributed by atoms with E-state index in [4.69, 9.17) is 5.73 Å². The topological polar surface area (TPSA) is 46.3 Å². The van der Waals surface area contributed by atoms with Gasteiger partial charge < -0.3 is 5.73 Å². The minimum absolute atomic E-state index is 0.0191. The molecule has 2 aliphatic rings. The van der Waals surface area contributed by atoms with Crippen molar-refractivity contribution < 1.29 is 4.79 Å². The molecule has 0 aromatic heterocycles. The summed E-state index contributed by atoms with van der Waals surface area (Å²) in [5.74, 6) is 0.691. The summed E-state index contributed by atoms with van der Waals surface area (Å²) >= 11 is 0. The molecule has 1 aliphatic heterocycles. The van der Waals surface area contributed by atoms with Crippen LogP contribution in [0.15, 0.2) is 0 Å². The predicted molar refractivity (Wildman–Crippen MR) is 50.8 cm³/mol. The van der Waals surface area contributed by atoms with E-state index in [1.54, 1.807) is 0 Å². The van der Waals surface area contributed by atoms with E-state index in [0.717, 1.165) is 31.8 Å². The third-order valence-electron chi connectivity index (χ3n) is 2.97. The van der Waals surface area contributed by atoms with Crippen molar-refractivity contribution in [2.24, 2.45) is 11.7 Å². The van der Waals surface area contributed by atoms with Crippen molar-refractivity contribution in [1.29, 1.82) is 0 Å². The molecule has 1 saturated carbocycles. The summed E-state index contributed by atoms with van der Waals surface area (Å²) in [4.78, 5) is 13.4. The fourth-order valence-electron chi connectivity index (χ4n) is 1.98. The smallest absolute Gasteiger partial charge is 0.234 e. The Bertz CT molecular complexity index is 201. The third-order valence-corrected chi connectivity index (χ3v) is 2.97. The average Bonchev–Trinajstić information content (AvgIpc) is 2.89. The maximum Gasteiger partial charge on any atom is 0.234 e. The van der Waals surface area contributed by atoms with Gasteiger partial charge in [-0.3, -0.25) is 9.69 Å². The summed E-state index contributed by atoms with van der Waals surface area (Å²) in [5, 5.41) is 0. The van der Waals surface area contributed by atoms with Gasteiger partial charge in [-0.2, -0.15) is 0 Å². The first-order valence-corrected chi connectivity index (χ1v) is 5.12. The number of likely N-dealkylation sites (tertiary alicyclic amines) is 1. The van der Waals surface area contributed by atoms with Crippen molar-refractivity contribution in [3.8, 4) is 0 Å². The molecule has 73 valence electrons. The summed E-state index contributed by atoms with van der Waals surface area (Å²) in [6.07, 6.45) is 6.81. The number of hydrogen-bond donors (Lipinski definition) is 1. The Labute approximate surface area is 79.3 Å². The number of amides is 1. The van der Waals surface area contributed by atoms with Crippen molar-refractivity contribution in [1.82, 2.24) is 4.90 Å². The van der Waals surface area contributed by atoms with Crippen LogP contribution in [0.1, 0.15) is 25.7 Å². The molecule has 0 aromatic rings. The molecule has 2 N–H and O–H groups in total. The summed E-state index contributed by atoms with van der Waals surface area (Å²) in [7, 11) is 0. The molecule has 1 unspecified atom stereocenters. The zero-order chi connectivity index (χ0) is 9.26. The number of hydrogen-bond acceptors (Lipinski definition) is 2. The lowest BCUT2D eigenvalue weighted by Crippen LogP contribution is -2.48. The second-order valence-electron chi connectivity index (χ2n) is 4.17. The molecule has 0 bridgehead atoms. The van der Waals surface area contributed by atoms with Crippen molar-refractivity contribution >= 4 is 5.91 Å². The second kappa shape index (κ2) is 3.66. The third kappa shape index (κ3) is 2.21. The number of piperidine rings is 1. The fraction of sp³-hybridized carbons (Fsp3) is 0.800. The Morgan fingerprint density at radius 3 is 2.92 bits per heavy atom. The second-order valence-corrected chi connectivity index (χ2v) is 4.17. The first kappa shape index (κ1) is 9.00. The number of carbonyl (C=O) groups is 1. The summed E-state index contributed by atoms with van der Waals surface area (Å²) in [6, 6.07) is -0.0191. The molecule has 1 aliphatic carbocycles. The van der Waals surface area contributed by atoms with Gasteiger partial charge in [-0.1, -0.05) is 0 Å². The molecule has 0 aromatic carbocycles. The van der Waals surface area contributed by atoms with Gasteiger partial charge in [0.05, 0.1) is 6.04 Å². The van der Waals surface area contributed by atoms with Crippen LogP contribution in [-0.4, -0.2) is 29.9 Å². The van der Waals surface area contributed by atoms with Gasteiger partial charge in [0.15, 0.2) is 0 Å². The molecule has 3 heteroatoms. The van der Waals surface area contributed by atoms with Gasteiger partial charge >= 0.3 is 0 Å². The van der Waals surface area contributed by atoms with Gasteiger partial charge in [0, 0.05) is 6.54 Å². The SMILES string of the molecule is NC(=O)C1C[CH]CCN1CC1CC1. The predicted octanol–water partition coefficient (Wildman–Crippen LogP) is 0.550. The highest BCUT2D eigenvalue weighted by Gasteiger charge is 2.31. The quantitative estimate of drug-likeness (QED) is 0.691.